The molecule has 23 heavy (non-hydrogen) atoms. The van der Waals surface area contributed by atoms with Gasteiger partial charge in [-0.05, 0) is 18.1 Å². The van der Waals surface area contributed by atoms with Crippen LogP contribution >= 0.6 is 0 Å². The average Bonchev–Trinajstić information content (AvgIpc) is 2.54. The van der Waals surface area contributed by atoms with Crippen molar-refractivity contribution in [1.29, 1.82) is 0 Å². The molecule has 0 saturated heterocycles. The Balaban J connectivity index is 2.10. The number of amides is 2. The van der Waals surface area contributed by atoms with Gasteiger partial charge < -0.3 is 15.2 Å². The first-order valence-electron chi connectivity index (χ1n) is 7.48. The maximum absolute atomic E-state index is 12.2. The van der Waals surface area contributed by atoms with Gasteiger partial charge in [-0.15, -0.1) is 0 Å². The molecule has 2 atom stereocenters. The van der Waals surface area contributed by atoms with Crippen molar-refractivity contribution in [2.24, 2.45) is 5.92 Å². The lowest BCUT2D eigenvalue weighted by molar-refractivity contribution is -0.143. The number of aliphatic carboxylic acids is 1. The Hall–Kier alpha value is -2.57. The van der Waals surface area contributed by atoms with Gasteiger partial charge in [0.1, 0.15) is 18.3 Å². The molecule has 7 nitrogen and oxygen atoms in total. The highest BCUT2D eigenvalue weighted by Crippen LogP contribution is 2.31. The highest BCUT2D eigenvalue weighted by Gasteiger charge is 2.30. The molecule has 0 bridgehead atoms. The molecule has 1 aromatic rings. The minimum Gasteiger partial charge on any atom is -0.482 e. The van der Waals surface area contributed by atoms with Crippen LogP contribution in [-0.2, 0) is 14.4 Å². The zero-order valence-corrected chi connectivity index (χ0v) is 13.1. The number of nitrogens with zero attached hydrogens (tertiary/aromatic N) is 1. The van der Waals surface area contributed by atoms with Crippen LogP contribution in [0.1, 0.15) is 20.3 Å². The van der Waals surface area contributed by atoms with Gasteiger partial charge in [0, 0.05) is 0 Å². The molecule has 0 radical (unpaired) electrons. The second kappa shape index (κ2) is 7.13. The SMILES string of the molecule is CCC(C)C(NC(=O)CN1C(=O)COc2ccccc21)C(=O)O. The summed E-state index contributed by atoms with van der Waals surface area (Å²) in [6.45, 7) is 3.24. The molecule has 1 aliphatic heterocycles. The summed E-state index contributed by atoms with van der Waals surface area (Å²) < 4.78 is 5.31. The fraction of sp³-hybridized carbons (Fsp3) is 0.438. The van der Waals surface area contributed by atoms with E-state index in [-0.39, 0.29) is 25.0 Å². The van der Waals surface area contributed by atoms with E-state index < -0.39 is 17.9 Å². The molecule has 2 unspecified atom stereocenters. The molecule has 1 aliphatic rings. The van der Waals surface area contributed by atoms with Gasteiger partial charge in [0.2, 0.25) is 5.91 Å². The molecule has 0 aliphatic carbocycles. The van der Waals surface area contributed by atoms with Crippen molar-refractivity contribution in [3.63, 3.8) is 0 Å². The summed E-state index contributed by atoms with van der Waals surface area (Å²) in [5.74, 6) is -1.61. The first kappa shape index (κ1) is 16.8. The highest BCUT2D eigenvalue weighted by atomic mass is 16.5. The largest absolute Gasteiger partial charge is 0.482 e. The predicted molar refractivity (Wildman–Crippen MR) is 83.3 cm³/mol. The van der Waals surface area contributed by atoms with Crippen molar-refractivity contribution < 1.29 is 24.2 Å². The maximum Gasteiger partial charge on any atom is 0.326 e. The number of carbonyl (C=O) groups excluding carboxylic acids is 2. The standard InChI is InChI=1S/C16H20N2O5/c1-3-10(2)15(16(21)22)17-13(19)8-18-11-6-4-5-7-12(11)23-9-14(18)20/h4-7,10,15H,3,8-9H2,1-2H3,(H,17,19)(H,21,22). The van der Waals surface area contributed by atoms with E-state index in [1.165, 1.54) is 4.90 Å². The molecule has 0 saturated carbocycles. The number of carbonyl (C=O) groups is 3. The van der Waals surface area contributed by atoms with Gasteiger partial charge in [-0.2, -0.15) is 0 Å². The van der Waals surface area contributed by atoms with Gasteiger partial charge in [-0.25, -0.2) is 4.79 Å². The quantitative estimate of drug-likeness (QED) is 0.816. The smallest absolute Gasteiger partial charge is 0.326 e. The summed E-state index contributed by atoms with van der Waals surface area (Å²) >= 11 is 0. The number of ether oxygens (including phenoxy) is 1. The number of nitrogens with one attached hydrogen (secondary N) is 1. The Bertz CT molecular complexity index is 616. The van der Waals surface area contributed by atoms with Crippen LogP contribution in [0.5, 0.6) is 5.75 Å². The van der Waals surface area contributed by atoms with Crippen LogP contribution in [0.3, 0.4) is 0 Å². The number of carboxylic acids is 1. The molecule has 0 fully saturated rings. The molecule has 124 valence electrons. The molecule has 2 N–H and O–H groups in total. The van der Waals surface area contributed by atoms with E-state index in [0.717, 1.165) is 0 Å². The third-order valence-corrected chi connectivity index (χ3v) is 3.91. The topological polar surface area (TPSA) is 95.9 Å². The third-order valence-electron chi connectivity index (χ3n) is 3.91. The van der Waals surface area contributed by atoms with Crippen LogP contribution in [0.25, 0.3) is 0 Å². The van der Waals surface area contributed by atoms with E-state index in [1.54, 1.807) is 31.2 Å². The van der Waals surface area contributed by atoms with Gasteiger partial charge in [0.15, 0.2) is 6.61 Å². The number of fused-ring (bicyclic) bond motifs is 1. The van der Waals surface area contributed by atoms with E-state index >= 15 is 0 Å². The number of anilines is 1. The number of hydrogen-bond acceptors (Lipinski definition) is 4. The summed E-state index contributed by atoms with van der Waals surface area (Å²) in [7, 11) is 0. The van der Waals surface area contributed by atoms with E-state index in [4.69, 9.17) is 4.74 Å². The lowest BCUT2D eigenvalue weighted by atomic mass is 9.99. The number of rotatable bonds is 6. The zero-order chi connectivity index (χ0) is 17.0. The van der Waals surface area contributed by atoms with Gasteiger partial charge in [0.05, 0.1) is 5.69 Å². The summed E-state index contributed by atoms with van der Waals surface area (Å²) in [6, 6.07) is 5.94. The van der Waals surface area contributed by atoms with Crippen LogP contribution in [0.2, 0.25) is 0 Å². The van der Waals surface area contributed by atoms with Gasteiger partial charge in [0.25, 0.3) is 5.91 Å². The summed E-state index contributed by atoms with van der Waals surface area (Å²) in [6.07, 6.45) is 0.622. The molecule has 2 rings (SSSR count). The van der Waals surface area contributed by atoms with Crippen LogP contribution in [0, 0.1) is 5.92 Å². The predicted octanol–water partition coefficient (Wildman–Crippen LogP) is 1.03. The third kappa shape index (κ3) is 3.80. The number of carboxylic acid groups (broad SMARTS) is 1. The Morgan fingerprint density at radius 3 is 2.74 bits per heavy atom. The van der Waals surface area contributed by atoms with Crippen LogP contribution in [-0.4, -0.2) is 42.1 Å². The van der Waals surface area contributed by atoms with E-state index in [1.807, 2.05) is 6.92 Å². The minimum absolute atomic E-state index is 0.141. The van der Waals surface area contributed by atoms with Crippen molar-refractivity contribution in [3.8, 4) is 5.75 Å². The zero-order valence-electron chi connectivity index (χ0n) is 13.1. The molecular weight excluding hydrogens is 300 g/mol. The molecule has 7 heteroatoms. The van der Waals surface area contributed by atoms with Crippen LogP contribution in [0.15, 0.2) is 24.3 Å². The van der Waals surface area contributed by atoms with Crippen molar-refractivity contribution in [2.45, 2.75) is 26.3 Å². The Labute approximate surface area is 134 Å². The van der Waals surface area contributed by atoms with Crippen molar-refractivity contribution >= 4 is 23.5 Å². The molecule has 1 aromatic carbocycles. The molecular formula is C16H20N2O5. The van der Waals surface area contributed by atoms with Gasteiger partial charge >= 0.3 is 5.97 Å². The first-order valence-corrected chi connectivity index (χ1v) is 7.48. The number of para-hydroxylation sites is 2. The first-order chi connectivity index (χ1) is 10.9. The molecule has 1 heterocycles. The van der Waals surface area contributed by atoms with Gasteiger partial charge in [-0.3, -0.25) is 14.5 Å². The second-order valence-electron chi connectivity index (χ2n) is 5.51. The van der Waals surface area contributed by atoms with Crippen molar-refractivity contribution in [1.82, 2.24) is 5.32 Å². The molecule has 2 amide bonds. The summed E-state index contributed by atoms with van der Waals surface area (Å²) in [5.41, 5.74) is 0.509. The van der Waals surface area contributed by atoms with Crippen molar-refractivity contribution in [3.05, 3.63) is 24.3 Å². The lowest BCUT2D eigenvalue weighted by Crippen LogP contribution is -2.51. The maximum atomic E-state index is 12.2. The molecule has 0 spiro atoms. The van der Waals surface area contributed by atoms with Crippen LogP contribution in [0.4, 0.5) is 5.69 Å². The summed E-state index contributed by atoms with van der Waals surface area (Å²) in [4.78, 5) is 36.8. The Morgan fingerprint density at radius 2 is 2.09 bits per heavy atom. The summed E-state index contributed by atoms with van der Waals surface area (Å²) in [5, 5.41) is 11.7. The van der Waals surface area contributed by atoms with E-state index in [9.17, 15) is 19.5 Å². The highest BCUT2D eigenvalue weighted by molar-refractivity contribution is 6.02. The van der Waals surface area contributed by atoms with E-state index in [2.05, 4.69) is 5.32 Å². The monoisotopic (exact) mass is 320 g/mol. The fourth-order valence-electron chi connectivity index (χ4n) is 2.37. The normalized spacial score (nSPS) is 16.1. The fourth-order valence-corrected chi connectivity index (χ4v) is 2.37. The van der Waals surface area contributed by atoms with E-state index in [0.29, 0.717) is 17.9 Å². The van der Waals surface area contributed by atoms with Crippen molar-refractivity contribution in [2.75, 3.05) is 18.1 Å². The molecule has 0 aromatic heterocycles. The Kier molecular flexibility index (Phi) is 5.20. The number of benzene rings is 1. The second-order valence-corrected chi connectivity index (χ2v) is 5.51. The minimum atomic E-state index is -1.08. The Morgan fingerprint density at radius 1 is 1.39 bits per heavy atom. The van der Waals surface area contributed by atoms with Gasteiger partial charge in [-0.1, -0.05) is 32.4 Å². The van der Waals surface area contributed by atoms with Crippen LogP contribution < -0.4 is 15.0 Å². The lowest BCUT2D eigenvalue weighted by Gasteiger charge is -2.29. The number of hydrogen-bond donors (Lipinski definition) is 2. The average molecular weight is 320 g/mol.